The lowest BCUT2D eigenvalue weighted by molar-refractivity contribution is 0.0693. The molecule has 2 rings (SSSR count). The summed E-state index contributed by atoms with van der Waals surface area (Å²) in [4.78, 5) is 19.2. The number of hydrogen-bond donors (Lipinski definition) is 1. The first-order valence-corrected chi connectivity index (χ1v) is 6.50. The summed E-state index contributed by atoms with van der Waals surface area (Å²) in [5.41, 5.74) is -0.0557. The molecule has 0 saturated heterocycles. The summed E-state index contributed by atoms with van der Waals surface area (Å²) >= 11 is 3.22. The largest absolute Gasteiger partial charge is 0.497 e. The highest BCUT2D eigenvalue weighted by Crippen LogP contribution is 2.29. The number of methoxy groups -OCH3 is 2. The van der Waals surface area contributed by atoms with Gasteiger partial charge in [0, 0.05) is 0 Å². The minimum Gasteiger partial charge on any atom is -0.497 e. The lowest BCUT2D eigenvalue weighted by atomic mass is 10.2. The average molecular weight is 355 g/mol. The SMILES string of the molecule is COc1ccc(Oc2ncc(Br)c(OC)n2)c(C(=O)O)c1. The van der Waals surface area contributed by atoms with Gasteiger partial charge in [-0.25, -0.2) is 9.78 Å². The van der Waals surface area contributed by atoms with Crippen molar-refractivity contribution >= 4 is 21.9 Å². The second kappa shape index (κ2) is 6.40. The predicted octanol–water partition coefficient (Wildman–Crippen LogP) is 2.75. The molecule has 0 aliphatic heterocycles. The van der Waals surface area contributed by atoms with Gasteiger partial charge in [0.25, 0.3) is 0 Å². The highest BCUT2D eigenvalue weighted by molar-refractivity contribution is 9.10. The molecule has 110 valence electrons. The number of benzene rings is 1. The minimum absolute atomic E-state index is 0.0253. The van der Waals surface area contributed by atoms with Crippen LogP contribution in [-0.4, -0.2) is 35.3 Å². The van der Waals surface area contributed by atoms with Gasteiger partial charge in [0.05, 0.1) is 24.9 Å². The van der Waals surface area contributed by atoms with Crippen molar-refractivity contribution in [3.8, 4) is 23.4 Å². The van der Waals surface area contributed by atoms with Crippen LogP contribution >= 0.6 is 15.9 Å². The molecule has 1 N–H and O–H groups in total. The van der Waals surface area contributed by atoms with Gasteiger partial charge in [0.2, 0.25) is 5.88 Å². The first-order valence-electron chi connectivity index (χ1n) is 5.71. The fourth-order valence-electron chi connectivity index (χ4n) is 1.52. The fourth-order valence-corrected chi connectivity index (χ4v) is 1.87. The zero-order chi connectivity index (χ0) is 15.4. The van der Waals surface area contributed by atoms with Crippen molar-refractivity contribution < 1.29 is 24.1 Å². The molecule has 0 fully saturated rings. The van der Waals surface area contributed by atoms with E-state index in [0.29, 0.717) is 10.2 Å². The molecule has 1 aromatic carbocycles. The van der Waals surface area contributed by atoms with E-state index in [1.165, 1.54) is 32.5 Å². The zero-order valence-electron chi connectivity index (χ0n) is 11.2. The molecule has 1 heterocycles. The Hall–Kier alpha value is -2.35. The van der Waals surface area contributed by atoms with E-state index >= 15 is 0 Å². The van der Waals surface area contributed by atoms with E-state index in [4.69, 9.17) is 14.2 Å². The molecule has 0 atom stereocenters. The smallest absolute Gasteiger partial charge is 0.339 e. The summed E-state index contributed by atoms with van der Waals surface area (Å²) in [6.07, 6.45) is 1.45. The average Bonchev–Trinajstić information content (AvgIpc) is 2.49. The van der Waals surface area contributed by atoms with Gasteiger partial charge in [0.1, 0.15) is 17.1 Å². The van der Waals surface area contributed by atoms with E-state index in [2.05, 4.69) is 25.9 Å². The topological polar surface area (TPSA) is 90.8 Å². The molecule has 0 aliphatic carbocycles. The molecule has 0 unspecified atom stereocenters. The molecule has 7 nitrogen and oxygen atoms in total. The van der Waals surface area contributed by atoms with Gasteiger partial charge in [-0.15, -0.1) is 0 Å². The maximum Gasteiger partial charge on any atom is 0.339 e. The summed E-state index contributed by atoms with van der Waals surface area (Å²) in [6.45, 7) is 0. The molecule has 8 heteroatoms. The van der Waals surface area contributed by atoms with Crippen molar-refractivity contribution in [3.63, 3.8) is 0 Å². The van der Waals surface area contributed by atoms with Gasteiger partial charge >= 0.3 is 12.0 Å². The van der Waals surface area contributed by atoms with Crippen LogP contribution in [0.3, 0.4) is 0 Å². The molecule has 0 saturated carbocycles. The lowest BCUT2D eigenvalue weighted by Crippen LogP contribution is -2.02. The number of carboxylic acids is 1. The molecule has 21 heavy (non-hydrogen) atoms. The molecule has 0 radical (unpaired) electrons. The third kappa shape index (κ3) is 3.40. The Morgan fingerprint density at radius 3 is 2.67 bits per heavy atom. The van der Waals surface area contributed by atoms with Crippen LogP contribution in [0, 0.1) is 0 Å². The number of nitrogens with zero attached hydrogens (tertiary/aromatic N) is 2. The summed E-state index contributed by atoms with van der Waals surface area (Å²) < 4.78 is 16.0. The van der Waals surface area contributed by atoms with E-state index < -0.39 is 5.97 Å². The third-order valence-electron chi connectivity index (χ3n) is 2.50. The second-order valence-electron chi connectivity index (χ2n) is 3.78. The van der Waals surface area contributed by atoms with Gasteiger partial charge in [-0.2, -0.15) is 4.98 Å². The Morgan fingerprint density at radius 2 is 2.05 bits per heavy atom. The fraction of sp³-hybridized carbons (Fsp3) is 0.154. The van der Waals surface area contributed by atoms with Crippen LogP contribution in [-0.2, 0) is 0 Å². The summed E-state index contributed by atoms with van der Waals surface area (Å²) in [6, 6.07) is 4.38. The maximum atomic E-state index is 11.2. The molecule has 1 aromatic heterocycles. The highest BCUT2D eigenvalue weighted by atomic mass is 79.9. The van der Waals surface area contributed by atoms with E-state index in [9.17, 15) is 9.90 Å². The number of halogens is 1. The number of carboxylic acid groups (broad SMARTS) is 1. The molecule has 2 aromatic rings. The van der Waals surface area contributed by atoms with E-state index in [1.807, 2.05) is 0 Å². The van der Waals surface area contributed by atoms with Crippen LogP contribution in [0.5, 0.6) is 23.4 Å². The first-order chi connectivity index (χ1) is 10.0. The lowest BCUT2D eigenvalue weighted by Gasteiger charge is -2.09. The molecular formula is C13H11BrN2O5. The molecule has 0 aliphatic rings. The normalized spacial score (nSPS) is 10.0. The minimum atomic E-state index is -1.15. The number of carbonyl (C=O) groups is 1. The van der Waals surface area contributed by atoms with Crippen LogP contribution in [0.1, 0.15) is 10.4 Å². The Bertz CT molecular complexity index is 678. The van der Waals surface area contributed by atoms with Crippen molar-refractivity contribution in [1.82, 2.24) is 9.97 Å². The summed E-state index contributed by atoms with van der Waals surface area (Å²) in [5, 5.41) is 9.20. The molecule has 0 bridgehead atoms. The second-order valence-corrected chi connectivity index (χ2v) is 4.63. The number of aromatic nitrogens is 2. The van der Waals surface area contributed by atoms with Gasteiger partial charge in [-0.3, -0.25) is 0 Å². The van der Waals surface area contributed by atoms with Gasteiger partial charge in [-0.05, 0) is 34.1 Å². The Kier molecular flexibility index (Phi) is 4.59. The molecule has 0 amide bonds. The van der Waals surface area contributed by atoms with E-state index in [0.717, 1.165) is 0 Å². The third-order valence-corrected chi connectivity index (χ3v) is 3.05. The first kappa shape index (κ1) is 15.0. The van der Waals surface area contributed by atoms with Crippen LogP contribution < -0.4 is 14.2 Å². The summed E-state index contributed by atoms with van der Waals surface area (Å²) in [7, 11) is 2.90. The quantitative estimate of drug-likeness (QED) is 0.882. The number of hydrogen-bond acceptors (Lipinski definition) is 6. The van der Waals surface area contributed by atoms with Gasteiger partial charge in [0.15, 0.2) is 0 Å². The Balaban J connectivity index is 2.37. The predicted molar refractivity (Wildman–Crippen MR) is 76.3 cm³/mol. The summed E-state index contributed by atoms with van der Waals surface area (Å²) in [5.74, 6) is -0.347. The van der Waals surface area contributed by atoms with Crippen LogP contribution in [0.15, 0.2) is 28.9 Å². The van der Waals surface area contributed by atoms with Crippen molar-refractivity contribution in [2.75, 3.05) is 14.2 Å². The highest BCUT2D eigenvalue weighted by Gasteiger charge is 2.15. The van der Waals surface area contributed by atoms with E-state index in [1.54, 1.807) is 6.07 Å². The number of rotatable bonds is 5. The zero-order valence-corrected chi connectivity index (χ0v) is 12.7. The van der Waals surface area contributed by atoms with Crippen LogP contribution in [0.25, 0.3) is 0 Å². The standard InChI is InChI=1S/C13H11BrN2O5/c1-19-7-3-4-10(8(5-7)12(17)18)21-13-15-6-9(14)11(16-13)20-2/h3-6H,1-2H3,(H,17,18). The number of aromatic carboxylic acids is 1. The van der Waals surface area contributed by atoms with Crippen molar-refractivity contribution in [2.45, 2.75) is 0 Å². The number of ether oxygens (including phenoxy) is 3. The van der Waals surface area contributed by atoms with Gasteiger partial charge < -0.3 is 19.3 Å². The van der Waals surface area contributed by atoms with Crippen LogP contribution in [0.2, 0.25) is 0 Å². The van der Waals surface area contributed by atoms with Crippen molar-refractivity contribution in [3.05, 3.63) is 34.4 Å². The Labute approximate surface area is 128 Å². The van der Waals surface area contributed by atoms with Crippen LogP contribution in [0.4, 0.5) is 0 Å². The van der Waals surface area contributed by atoms with E-state index in [-0.39, 0.29) is 23.2 Å². The van der Waals surface area contributed by atoms with Crippen molar-refractivity contribution in [2.24, 2.45) is 0 Å². The van der Waals surface area contributed by atoms with Crippen molar-refractivity contribution in [1.29, 1.82) is 0 Å². The maximum absolute atomic E-state index is 11.2. The van der Waals surface area contributed by atoms with Gasteiger partial charge in [-0.1, -0.05) is 0 Å². The monoisotopic (exact) mass is 354 g/mol. The molecular weight excluding hydrogens is 344 g/mol. The Morgan fingerprint density at radius 1 is 1.29 bits per heavy atom. The molecule has 0 spiro atoms.